The van der Waals surface area contributed by atoms with Crippen LogP contribution in [-0.2, 0) is 4.79 Å². The van der Waals surface area contributed by atoms with E-state index in [2.05, 4.69) is 31.0 Å². The van der Waals surface area contributed by atoms with Crippen molar-refractivity contribution in [1.82, 2.24) is 10.2 Å². The van der Waals surface area contributed by atoms with Crippen molar-refractivity contribution in [1.29, 1.82) is 0 Å². The fourth-order valence-electron chi connectivity index (χ4n) is 3.84. The van der Waals surface area contributed by atoms with Crippen LogP contribution in [0.25, 0.3) is 0 Å². The summed E-state index contributed by atoms with van der Waals surface area (Å²) in [5.74, 6) is 1.86. The average Bonchev–Trinajstić information content (AvgIpc) is 3.01. The third kappa shape index (κ3) is 3.97. The number of nitrogens with zero attached hydrogens (tertiary/aromatic N) is 1. The van der Waals surface area contributed by atoms with Crippen molar-refractivity contribution < 1.29 is 4.79 Å². The van der Waals surface area contributed by atoms with E-state index in [0.717, 1.165) is 25.3 Å². The molecule has 0 radical (unpaired) electrons. The van der Waals surface area contributed by atoms with Crippen LogP contribution in [0.1, 0.15) is 72.1 Å². The van der Waals surface area contributed by atoms with E-state index in [1.807, 2.05) is 0 Å². The van der Waals surface area contributed by atoms with Crippen LogP contribution in [0.5, 0.6) is 0 Å². The fourth-order valence-corrected chi connectivity index (χ4v) is 3.84. The highest BCUT2D eigenvalue weighted by atomic mass is 16.2. The zero-order chi connectivity index (χ0) is 14.5. The summed E-state index contributed by atoms with van der Waals surface area (Å²) in [6, 6.07) is 0.0615. The molecule has 2 rings (SSSR count). The molecule has 1 saturated carbocycles. The van der Waals surface area contributed by atoms with Crippen LogP contribution >= 0.6 is 0 Å². The Morgan fingerprint density at radius 2 is 2.00 bits per heavy atom. The van der Waals surface area contributed by atoms with Gasteiger partial charge in [-0.25, -0.2) is 0 Å². The molecule has 1 aliphatic heterocycles. The fraction of sp³-hybridized carbons (Fsp3) is 0.941. The van der Waals surface area contributed by atoms with Crippen LogP contribution in [0, 0.1) is 11.8 Å². The summed E-state index contributed by atoms with van der Waals surface area (Å²) < 4.78 is 0. The molecule has 0 aromatic carbocycles. The Kier molecular flexibility index (Phi) is 5.88. The van der Waals surface area contributed by atoms with E-state index in [0.29, 0.717) is 11.8 Å². The molecule has 20 heavy (non-hydrogen) atoms. The first-order valence-electron chi connectivity index (χ1n) is 8.68. The minimum atomic E-state index is 0.0615. The number of carbonyl (C=O) groups excluding carboxylic acids is 1. The number of carbonyl (C=O) groups is 1. The second-order valence-electron chi connectivity index (χ2n) is 7.10. The van der Waals surface area contributed by atoms with Crippen LogP contribution in [0.3, 0.4) is 0 Å². The van der Waals surface area contributed by atoms with Crippen LogP contribution in [-0.4, -0.2) is 29.6 Å². The molecule has 2 atom stereocenters. The van der Waals surface area contributed by atoms with E-state index < -0.39 is 0 Å². The van der Waals surface area contributed by atoms with Gasteiger partial charge in [-0.1, -0.05) is 46.5 Å². The van der Waals surface area contributed by atoms with E-state index in [9.17, 15) is 4.79 Å². The maximum absolute atomic E-state index is 12.5. The largest absolute Gasteiger partial charge is 0.326 e. The number of amides is 1. The Balaban J connectivity index is 1.80. The van der Waals surface area contributed by atoms with Gasteiger partial charge < -0.3 is 4.90 Å². The summed E-state index contributed by atoms with van der Waals surface area (Å²) in [6.45, 7) is 7.51. The van der Waals surface area contributed by atoms with E-state index in [1.165, 1.54) is 38.5 Å². The maximum atomic E-state index is 12.5. The Morgan fingerprint density at radius 1 is 1.30 bits per heavy atom. The van der Waals surface area contributed by atoms with Crippen molar-refractivity contribution in [2.24, 2.45) is 11.8 Å². The highest BCUT2D eigenvalue weighted by molar-refractivity contribution is 5.84. The van der Waals surface area contributed by atoms with Gasteiger partial charge in [0.05, 0.1) is 12.2 Å². The Hall–Kier alpha value is -0.570. The zero-order valence-corrected chi connectivity index (χ0v) is 13.5. The van der Waals surface area contributed by atoms with Crippen LogP contribution in [0.4, 0.5) is 0 Å². The summed E-state index contributed by atoms with van der Waals surface area (Å²) in [4.78, 5) is 14.6. The molecule has 1 aliphatic carbocycles. The summed E-state index contributed by atoms with van der Waals surface area (Å²) in [7, 11) is 0. The molecule has 2 fully saturated rings. The summed E-state index contributed by atoms with van der Waals surface area (Å²) in [5, 5.41) is 3.53. The van der Waals surface area contributed by atoms with Gasteiger partial charge >= 0.3 is 0 Å². The van der Waals surface area contributed by atoms with Crippen LogP contribution < -0.4 is 5.32 Å². The van der Waals surface area contributed by atoms with Crippen molar-refractivity contribution in [2.75, 3.05) is 6.54 Å². The van der Waals surface area contributed by atoms with Gasteiger partial charge in [0.15, 0.2) is 0 Å². The molecule has 0 aromatic rings. The standard InChI is InChI=1S/C17H32N2O/c1-4-16-18-15(12-13(2)3)17(20)19(16)11-7-10-14-8-5-6-9-14/h13-16,18H,4-12H2,1-3H3. The topological polar surface area (TPSA) is 32.3 Å². The highest BCUT2D eigenvalue weighted by Gasteiger charge is 2.37. The third-order valence-corrected chi connectivity index (χ3v) is 4.93. The molecule has 1 saturated heterocycles. The first-order chi connectivity index (χ1) is 9.61. The number of nitrogens with one attached hydrogen (secondary N) is 1. The molecule has 116 valence electrons. The van der Waals surface area contributed by atoms with Gasteiger partial charge in [0.2, 0.25) is 5.91 Å². The maximum Gasteiger partial charge on any atom is 0.241 e. The zero-order valence-electron chi connectivity index (χ0n) is 13.5. The first-order valence-corrected chi connectivity index (χ1v) is 8.68. The lowest BCUT2D eigenvalue weighted by Crippen LogP contribution is -2.37. The van der Waals surface area contributed by atoms with Gasteiger partial charge in [0, 0.05) is 6.54 Å². The van der Waals surface area contributed by atoms with E-state index in [1.54, 1.807) is 0 Å². The summed E-state index contributed by atoms with van der Waals surface area (Å²) in [5.41, 5.74) is 0. The minimum Gasteiger partial charge on any atom is -0.326 e. The van der Waals surface area contributed by atoms with Crippen molar-refractivity contribution in [3.63, 3.8) is 0 Å². The number of hydrogen-bond acceptors (Lipinski definition) is 2. The molecule has 2 unspecified atom stereocenters. The lowest BCUT2D eigenvalue weighted by Gasteiger charge is -2.23. The quantitative estimate of drug-likeness (QED) is 0.773. The lowest BCUT2D eigenvalue weighted by molar-refractivity contribution is -0.130. The van der Waals surface area contributed by atoms with Gasteiger partial charge in [0.1, 0.15) is 0 Å². The molecule has 3 nitrogen and oxygen atoms in total. The monoisotopic (exact) mass is 280 g/mol. The Bertz CT molecular complexity index is 310. The third-order valence-electron chi connectivity index (χ3n) is 4.93. The molecule has 1 N–H and O–H groups in total. The van der Waals surface area contributed by atoms with Crippen molar-refractivity contribution in [3.05, 3.63) is 0 Å². The van der Waals surface area contributed by atoms with Gasteiger partial charge in [-0.15, -0.1) is 0 Å². The summed E-state index contributed by atoms with van der Waals surface area (Å²) in [6.07, 6.45) is 10.4. The smallest absolute Gasteiger partial charge is 0.241 e. The molecular weight excluding hydrogens is 248 g/mol. The lowest BCUT2D eigenvalue weighted by atomic mass is 10.0. The molecule has 1 amide bonds. The van der Waals surface area contributed by atoms with E-state index >= 15 is 0 Å². The molecular formula is C17H32N2O. The van der Waals surface area contributed by atoms with E-state index in [4.69, 9.17) is 0 Å². The molecule has 3 heteroatoms. The molecule has 0 aromatic heterocycles. The Labute approximate surface area is 124 Å². The summed E-state index contributed by atoms with van der Waals surface area (Å²) >= 11 is 0. The van der Waals surface area contributed by atoms with E-state index in [-0.39, 0.29) is 12.2 Å². The van der Waals surface area contributed by atoms with Crippen molar-refractivity contribution in [2.45, 2.75) is 84.3 Å². The van der Waals surface area contributed by atoms with Crippen LogP contribution in [0.15, 0.2) is 0 Å². The molecule has 2 aliphatic rings. The number of hydrogen-bond donors (Lipinski definition) is 1. The van der Waals surface area contributed by atoms with Gasteiger partial charge in [-0.3, -0.25) is 10.1 Å². The average molecular weight is 280 g/mol. The molecule has 1 heterocycles. The second-order valence-corrected chi connectivity index (χ2v) is 7.10. The SMILES string of the molecule is CCC1NC(CC(C)C)C(=O)N1CCCC1CCCC1. The van der Waals surface area contributed by atoms with Gasteiger partial charge in [-0.05, 0) is 37.5 Å². The van der Waals surface area contributed by atoms with Crippen molar-refractivity contribution in [3.8, 4) is 0 Å². The molecule has 0 bridgehead atoms. The normalized spacial score (nSPS) is 28.0. The predicted octanol–water partition coefficient (Wildman–Crippen LogP) is 3.54. The minimum absolute atomic E-state index is 0.0615. The predicted molar refractivity (Wildman–Crippen MR) is 83.4 cm³/mol. The van der Waals surface area contributed by atoms with Crippen LogP contribution in [0.2, 0.25) is 0 Å². The second kappa shape index (κ2) is 7.44. The van der Waals surface area contributed by atoms with Gasteiger partial charge in [-0.2, -0.15) is 0 Å². The van der Waals surface area contributed by atoms with Crippen molar-refractivity contribution >= 4 is 5.91 Å². The van der Waals surface area contributed by atoms with Gasteiger partial charge in [0.25, 0.3) is 0 Å². The number of rotatable bonds is 7. The molecule has 0 spiro atoms. The Morgan fingerprint density at radius 3 is 2.60 bits per heavy atom. The highest BCUT2D eigenvalue weighted by Crippen LogP contribution is 2.29. The first kappa shape index (κ1) is 15.8.